The molecule has 0 radical (unpaired) electrons. The van der Waals surface area contributed by atoms with Crippen LogP contribution in [0.25, 0.3) is 22.3 Å². The van der Waals surface area contributed by atoms with Gasteiger partial charge in [-0.2, -0.15) is 0 Å². The van der Waals surface area contributed by atoms with Crippen LogP contribution in [0.5, 0.6) is 11.5 Å². The molecule has 0 spiro atoms. The predicted molar refractivity (Wildman–Crippen MR) is 330 cm³/mol. The van der Waals surface area contributed by atoms with E-state index in [1.54, 1.807) is 12.4 Å². The minimum absolute atomic E-state index is 0.182. The Morgan fingerprint density at radius 1 is 0.338 bits per heavy atom. The van der Waals surface area contributed by atoms with E-state index in [1.165, 1.54) is 22.3 Å². The SMILES string of the molecule is CC(C)(C/N=C/c1ccc(-c2c(C(C)(C)C)cc(N(c3ccccc3)c3ccccc3)cc2C(C)(C)C)cc1O)C/N=C/c1ccc(-c2c(C(C)(C)C)cc(N(c3ccccc3)c3ccccc3)cc2C(C)(C)C)cc1O. The number of anilines is 6. The Labute approximate surface area is 460 Å². The van der Waals surface area contributed by atoms with E-state index >= 15 is 0 Å². The molecule has 0 aliphatic heterocycles. The molecule has 77 heavy (non-hydrogen) atoms. The molecule has 0 unspecified atom stereocenters. The van der Waals surface area contributed by atoms with Crippen molar-refractivity contribution in [3.8, 4) is 33.8 Å². The number of hydrogen-bond donors (Lipinski definition) is 2. The average molecular weight is 1020 g/mol. The van der Waals surface area contributed by atoms with Crippen LogP contribution in [0.1, 0.15) is 130 Å². The number of para-hydroxylation sites is 4. The number of aromatic hydroxyl groups is 2. The molecule has 0 fully saturated rings. The maximum atomic E-state index is 11.7. The van der Waals surface area contributed by atoms with E-state index in [0.717, 1.165) is 56.4 Å². The van der Waals surface area contributed by atoms with Crippen LogP contribution in [0.3, 0.4) is 0 Å². The summed E-state index contributed by atoms with van der Waals surface area (Å²) in [6, 6.07) is 63.5. The molecular formula is C71H80N4O2. The molecule has 396 valence electrons. The molecule has 0 aliphatic rings. The molecular weight excluding hydrogens is 941 g/mol. The largest absolute Gasteiger partial charge is 0.507 e. The Morgan fingerprint density at radius 3 is 0.831 bits per heavy atom. The normalized spacial score (nSPS) is 12.6. The second-order valence-electron chi connectivity index (χ2n) is 25.5. The van der Waals surface area contributed by atoms with Gasteiger partial charge in [0.05, 0.1) is 0 Å². The number of aliphatic imine (C=N–C) groups is 2. The summed E-state index contributed by atoms with van der Waals surface area (Å²) < 4.78 is 0. The molecule has 8 aromatic rings. The molecule has 0 atom stereocenters. The van der Waals surface area contributed by atoms with E-state index < -0.39 is 0 Å². The highest BCUT2D eigenvalue weighted by Gasteiger charge is 2.32. The standard InChI is InChI=1S/C71H80N4O2/c1-67(2,3)59-41-57(74(53-27-19-15-20-28-53)54-29-21-16-22-30-54)42-60(68(4,5)6)65(59)49-35-37-51(63(76)39-49)45-72-47-71(13,14)48-73-46-52-38-36-50(40-64(52)77)66-61(69(7,8)9)43-58(44-62(66)70(10,11)12)75(55-31-23-17-24-32-55)56-33-25-18-26-34-56/h15-46,76-77H,47-48H2,1-14H3/b72-45+,73-46+. The van der Waals surface area contributed by atoms with Gasteiger partial charge in [-0.15, -0.1) is 0 Å². The summed E-state index contributed by atoms with van der Waals surface area (Å²) in [6.45, 7) is 32.4. The second-order valence-corrected chi connectivity index (χ2v) is 25.5. The molecule has 8 aromatic carbocycles. The minimum Gasteiger partial charge on any atom is -0.507 e. The van der Waals surface area contributed by atoms with Crippen molar-refractivity contribution in [3.63, 3.8) is 0 Å². The summed E-state index contributed by atoms with van der Waals surface area (Å²) in [5, 5.41) is 23.4. The van der Waals surface area contributed by atoms with E-state index in [2.05, 4.69) is 264 Å². The Balaban J connectivity index is 1.03. The van der Waals surface area contributed by atoms with Crippen LogP contribution in [0.15, 0.2) is 192 Å². The molecule has 6 nitrogen and oxygen atoms in total. The Morgan fingerprint density at radius 2 is 0.597 bits per heavy atom. The number of benzene rings is 8. The molecule has 0 amide bonds. The Bertz CT molecular complexity index is 2990. The molecule has 0 saturated heterocycles. The van der Waals surface area contributed by atoms with Gasteiger partial charge >= 0.3 is 0 Å². The highest BCUT2D eigenvalue weighted by atomic mass is 16.3. The van der Waals surface area contributed by atoms with Gasteiger partial charge in [-0.25, -0.2) is 0 Å². The number of nitrogens with zero attached hydrogens (tertiary/aromatic N) is 4. The predicted octanol–water partition coefficient (Wildman–Crippen LogP) is 19.1. The summed E-state index contributed by atoms with van der Waals surface area (Å²) in [5.41, 5.74) is 15.7. The second kappa shape index (κ2) is 22.1. The van der Waals surface area contributed by atoms with Crippen molar-refractivity contribution in [2.45, 2.75) is 119 Å². The van der Waals surface area contributed by atoms with Crippen LogP contribution in [-0.4, -0.2) is 35.7 Å². The van der Waals surface area contributed by atoms with Crippen LogP contribution in [-0.2, 0) is 21.7 Å². The zero-order chi connectivity index (χ0) is 55.5. The number of phenols is 2. The maximum absolute atomic E-state index is 11.7. The third-order valence-electron chi connectivity index (χ3n) is 14.2. The maximum Gasteiger partial charge on any atom is 0.124 e. The fourth-order valence-corrected chi connectivity index (χ4v) is 10.2. The van der Waals surface area contributed by atoms with Crippen molar-refractivity contribution in [3.05, 3.63) is 215 Å². The van der Waals surface area contributed by atoms with Gasteiger partial charge in [0.25, 0.3) is 0 Å². The fourth-order valence-electron chi connectivity index (χ4n) is 10.2. The minimum atomic E-state index is -0.297. The first-order valence-corrected chi connectivity index (χ1v) is 27.2. The summed E-state index contributed by atoms with van der Waals surface area (Å²) in [4.78, 5) is 14.4. The van der Waals surface area contributed by atoms with E-state index in [1.807, 2.05) is 24.3 Å². The van der Waals surface area contributed by atoms with Crippen LogP contribution in [0, 0.1) is 5.41 Å². The van der Waals surface area contributed by atoms with E-state index in [4.69, 9.17) is 9.98 Å². The van der Waals surface area contributed by atoms with E-state index in [0.29, 0.717) is 24.2 Å². The molecule has 0 aliphatic carbocycles. The quantitative estimate of drug-likeness (QED) is 0.106. The molecule has 2 N–H and O–H groups in total. The average Bonchev–Trinajstić information content (AvgIpc) is 3.51. The number of hydrogen-bond acceptors (Lipinski definition) is 6. The fraction of sp³-hybridized carbons (Fsp3) is 0.296. The molecule has 6 heteroatoms. The first kappa shape index (κ1) is 55.5. The first-order chi connectivity index (χ1) is 36.3. The summed E-state index contributed by atoms with van der Waals surface area (Å²) in [6.07, 6.45) is 3.55. The summed E-state index contributed by atoms with van der Waals surface area (Å²) in [5.74, 6) is 0.364. The molecule has 0 bridgehead atoms. The lowest BCUT2D eigenvalue weighted by Crippen LogP contribution is -2.21. The van der Waals surface area contributed by atoms with Crippen molar-refractivity contribution < 1.29 is 10.2 Å². The molecule has 0 heterocycles. The first-order valence-electron chi connectivity index (χ1n) is 27.2. The van der Waals surface area contributed by atoms with Crippen molar-refractivity contribution in [1.29, 1.82) is 0 Å². The third kappa shape index (κ3) is 12.9. The van der Waals surface area contributed by atoms with Crippen molar-refractivity contribution in [2.24, 2.45) is 15.4 Å². The monoisotopic (exact) mass is 1020 g/mol. The molecule has 8 rings (SSSR count). The number of phenolic OH excluding ortho intramolecular Hbond substituents is 2. The van der Waals surface area contributed by atoms with Gasteiger partial charge in [-0.3, -0.25) is 9.98 Å². The van der Waals surface area contributed by atoms with Crippen molar-refractivity contribution in [1.82, 2.24) is 0 Å². The van der Waals surface area contributed by atoms with Gasteiger partial charge < -0.3 is 20.0 Å². The Kier molecular flexibility index (Phi) is 15.9. The van der Waals surface area contributed by atoms with Crippen molar-refractivity contribution >= 4 is 46.6 Å². The zero-order valence-electron chi connectivity index (χ0n) is 48.1. The van der Waals surface area contributed by atoms with Gasteiger partial charge in [-0.05, 0) is 163 Å². The van der Waals surface area contributed by atoms with Crippen LogP contribution >= 0.6 is 0 Å². The lowest BCUT2D eigenvalue weighted by Gasteiger charge is -2.34. The van der Waals surface area contributed by atoms with Crippen LogP contribution < -0.4 is 9.80 Å². The highest BCUT2D eigenvalue weighted by Crippen LogP contribution is 2.49. The lowest BCUT2D eigenvalue weighted by atomic mass is 9.73. The smallest absolute Gasteiger partial charge is 0.124 e. The molecule has 0 aromatic heterocycles. The topological polar surface area (TPSA) is 71.7 Å². The highest BCUT2D eigenvalue weighted by molar-refractivity contribution is 5.90. The van der Waals surface area contributed by atoms with Gasteiger partial charge in [0.1, 0.15) is 11.5 Å². The summed E-state index contributed by atoms with van der Waals surface area (Å²) in [7, 11) is 0. The summed E-state index contributed by atoms with van der Waals surface area (Å²) >= 11 is 0. The molecule has 0 saturated carbocycles. The van der Waals surface area contributed by atoms with Gasteiger partial charge in [-0.1, -0.05) is 182 Å². The lowest BCUT2D eigenvalue weighted by molar-refractivity contribution is 0.396. The van der Waals surface area contributed by atoms with Crippen LogP contribution in [0.2, 0.25) is 0 Å². The zero-order valence-corrected chi connectivity index (χ0v) is 48.1. The van der Waals surface area contributed by atoms with Gasteiger partial charge in [0.2, 0.25) is 0 Å². The van der Waals surface area contributed by atoms with Gasteiger partial charge in [0, 0.05) is 76.2 Å². The Hall–Kier alpha value is -7.70. The van der Waals surface area contributed by atoms with Crippen molar-refractivity contribution in [2.75, 3.05) is 22.9 Å². The third-order valence-corrected chi connectivity index (χ3v) is 14.2. The van der Waals surface area contributed by atoms with Crippen LogP contribution in [0.4, 0.5) is 34.1 Å². The van der Waals surface area contributed by atoms with Gasteiger partial charge in [0.15, 0.2) is 0 Å². The van der Waals surface area contributed by atoms with E-state index in [-0.39, 0.29) is 38.6 Å². The van der Waals surface area contributed by atoms with E-state index in [9.17, 15) is 10.2 Å². The number of rotatable bonds is 14.